The van der Waals surface area contributed by atoms with Gasteiger partial charge in [-0.05, 0) is 111 Å². The number of ether oxygens (including phenoxy) is 2. The predicted octanol–water partition coefficient (Wildman–Crippen LogP) is 12.5. The minimum Gasteiger partial charge on any atom is -0.496 e. The van der Waals surface area contributed by atoms with Gasteiger partial charge < -0.3 is 14.4 Å². The highest BCUT2D eigenvalue weighted by Gasteiger charge is 2.14. The summed E-state index contributed by atoms with van der Waals surface area (Å²) in [6.45, 7) is 16.1. The van der Waals surface area contributed by atoms with Crippen molar-refractivity contribution >= 4 is 35.3 Å². The summed E-state index contributed by atoms with van der Waals surface area (Å²) in [5, 5.41) is 0. The van der Waals surface area contributed by atoms with Crippen molar-refractivity contribution in [1.82, 2.24) is 0 Å². The van der Waals surface area contributed by atoms with Crippen LogP contribution in [0.5, 0.6) is 11.5 Å². The number of rotatable bonds is 15. The Morgan fingerprint density at radius 2 is 1.28 bits per heavy atom. The number of nitrogens with zero attached hydrogens (tertiary/aromatic N) is 1. The average Bonchev–Trinajstić information content (AvgIpc) is 3.04. The molecule has 1 unspecified atom stereocenters. The van der Waals surface area contributed by atoms with Gasteiger partial charge in [-0.2, -0.15) is 0 Å². The molecule has 0 aliphatic heterocycles. The predicted molar refractivity (Wildman–Crippen MR) is 200 cm³/mol. The molecule has 0 radical (unpaired) electrons. The van der Waals surface area contributed by atoms with Crippen LogP contribution in [0.25, 0.3) is 18.2 Å². The topological polar surface area (TPSA) is 21.7 Å². The van der Waals surface area contributed by atoms with Crippen molar-refractivity contribution in [2.75, 3.05) is 18.6 Å². The van der Waals surface area contributed by atoms with Crippen molar-refractivity contribution in [3.05, 3.63) is 118 Å². The summed E-state index contributed by atoms with van der Waals surface area (Å²) in [6, 6.07) is 28.3. The number of hydrogen-bond acceptors (Lipinski definition) is 3. The second-order valence-electron chi connectivity index (χ2n) is 13.1. The molecular formula is C43H53NO2. The highest BCUT2D eigenvalue weighted by atomic mass is 16.5. The third-order valence-corrected chi connectivity index (χ3v) is 8.70. The maximum atomic E-state index is 6.38. The van der Waals surface area contributed by atoms with E-state index in [0.29, 0.717) is 12.5 Å². The molecule has 0 aliphatic carbocycles. The van der Waals surface area contributed by atoms with Crippen LogP contribution in [-0.2, 0) is 0 Å². The molecule has 0 heterocycles. The number of hydrogen-bond donors (Lipinski definition) is 0. The van der Waals surface area contributed by atoms with E-state index in [9.17, 15) is 0 Å². The number of benzene rings is 4. The first-order chi connectivity index (χ1) is 22.2. The molecule has 3 nitrogen and oxygen atoms in total. The van der Waals surface area contributed by atoms with Gasteiger partial charge in [-0.3, -0.25) is 0 Å². The Hall–Kier alpha value is -4.24. The van der Waals surface area contributed by atoms with Gasteiger partial charge in [0, 0.05) is 28.2 Å². The van der Waals surface area contributed by atoms with Crippen LogP contribution in [-0.4, -0.2) is 13.7 Å². The summed E-state index contributed by atoms with van der Waals surface area (Å²) in [7, 11) is 1.73. The fourth-order valence-corrected chi connectivity index (χ4v) is 5.65. The zero-order valence-electron chi connectivity index (χ0n) is 29.3. The summed E-state index contributed by atoms with van der Waals surface area (Å²) in [5.74, 6) is 3.15. The lowest BCUT2D eigenvalue weighted by molar-refractivity contribution is 0.275. The summed E-state index contributed by atoms with van der Waals surface area (Å²) in [4.78, 5) is 2.32. The highest BCUT2D eigenvalue weighted by molar-refractivity contribution is 5.80. The maximum Gasteiger partial charge on any atom is 0.127 e. The van der Waals surface area contributed by atoms with Crippen molar-refractivity contribution in [3.8, 4) is 11.5 Å². The zero-order chi connectivity index (χ0) is 33.1. The van der Waals surface area contributed by atoms with Crippen molar-refractivity contribution in [2.45, 2.75) is 74.1 Å². The number of aryl methyl sites for hydroxylation is 3. The van der Waals surface area contributed by atoms with Crippen molar-refractivity contribution in [3.63, 3.8) is 0 Å². The standard InChI is InChI=1S/C43H53NO2/c1-9-11-37-29-42(45-8)38(30-43(37)46-27-26-32(4)13-10-12-31(2)3)20-17-36-18-24-40(25-19-36)44(39-21-14-33(5)15-22-39)41-23-16-34(6)35(7)28-41/h9,11,14-25,28-32H,10,12-13,26-27H2,1-8H3. The van der Waals surface area contributed by atoms with Crippen molar-refractivity contribution in [1.29, 1.82) is 0 Å². The van der Waals surface area contributed by atoms with Crippen LogP contribution >= 0.6 is 0 Å². The molecule has 0 aliphatic rings. The van der Waals surface area contributed by atoms with Gasteiger partial charge in [-0.15, -0.1) is 0 Å². The minimum atomic E-state index is 0.654. The van der Waals surface area contributed by atoms with E-state index in [2.05, 4.69) is 144 Å². The molecule has 0 N–H and O–H groups in total. The van der Waals surface area contributed by atoms with E-state index in [4.69, 9.17) is 9.47 Å². The summed E-state index contributed by atoms with van der Waals surface area (Å²) < 4.78 is 12.2. The van der Waals surface area contributed by atoms with Crippen LogP contribution < -0.4 is 14.4 Å². The van der Waals surface area contributed by atoms with Gasteiger partial charge in [0.1, 0.15) is 11.5 Å². The largest absolute Gasteiger partial charge is 0.496 e. The first-order valence-electron chi connectivity index (χ1n) is 16.9. The van der Waals surface area contributed by atoms with E-state index in [0.717, 1.165) is 57.6 Å². The van der Waals surface area contributed by atoms with Crippen LogP contribution in [0.15, 0.2) is 84.9 Å². The van der Waals surface area contributed by atoms with E-state index >= 15 is 0 Å². The second kappa shape index (κ2) is 16.9. The van der Waals surface area contributed by atoms with Crippen LogP contribution in [0.3, 0.4) is 0 Å². The number of anilines is 3. The zero-order valence-corrected chi connectivity index (χ0v) is 29.3. The molecule has 0 saturated carbocycles. The van der Waals surface area contributed by atoms with E-state index in [1.807, 2.05) is 13.0 Å². The number of methoxy groups -OCH3 is 1. The lowest BCUT2D eigenvalue weighted by atomic mass is 9.98. The normalized spacial score (nSPS) is 12.3. The number of allylic oxidation sites excluding steroid dienone is 1. The first kappa shape index (κ1) is 34.6. The maximum absolute atomic E-state index is 6.38. The fourth-order valence-electron chi connectivity index (χ4n) is 5.65. The fraction of sp³-hybridized carbons (Fsp3) is 0.349. The molecule has 4 rings (SSSR count). The molecule has 4 aromatic rings. The van der Waals surface area contributed by atoms with E-state index < -0.39 is 0 Å². The molecule has 0 spiro atoms. The van der Waals surface area contributed by atoms with Gasteiger partial charge in [-0.25, -0.2) is 0 Å². The third-order valence-electron chi connectivity index (χ3n) is 8.70. The molecular weight excluding hydrogens is 562 g/mol. The van der Waals surface area contributed by atoms with Gasteiger partial charge in [0.15, 0.2) is 0 Å². The molecule has 242 valence electrons. The Morgan fingerprint density at radius 1 is 0.652 bits per heavy atom. The Bertz CT molecular complexity index is 1600. The molecule has 46 heavy (non-hydrogen) atoms. The SMILES string of the molecule is CC=Cc1cc(OC)c(C=Cc2ccc(N(c3ccc(C)cc3)c3ccc(C)c(C)c3)cc2)cc1OCCC(C)CCCC(C)C. The first-order valence-corrected chi connectivity index (χ1v) is 16.9. The highest BCUT2D eigenvalue weighted by Crippen LogP contribution is 2.36. The molecule has 1 atom stereocenters. The van der Waals surface area contributed by atoms with Crippen LogP contribution in [0.4, 0.5) is 17.1 Å². The van der Waals surface area contributed by atoms with E-state index in [1.54, 1.807) is 7.11 Å². The van der Waals surface area contributed by atoms with E-state index in [-0.39, 0.29) is 0 Å². The summed E-state index contributed by atoms with van der Waals surface area (Å²) in [6.07, 6.45) is 13.3. The molecule has 0 fully saturated rings. The second-order valence-corrected chi connectivity index (χ2v) is 13.1. The van der Waals surface area contributed by atoms with Gasteiger partial charge in [0.05, 0.1) is 13.7 Å². The van der Waals surface area contributed by atoms with Gasteiger partial charge in [0.2, 0.25) is 0 Å². The third kappa shape index (κ3) is 9.63. The monoisotopic (exact) mass is 615 g/mol. The molecule has 0 amide bonds. The minimum absolute atomic E-state index is 0.654. The van der Waals surface area contributed by atoms with Crippen molar-refractivity contribution in [2.24, 2.45) is 11.8 Å². The van der Waals surface area contributed by atoms with E-state index in [1.165, 1.54) is 36.0 Å². The lowest BCUT2D eigenvalue weighted by Gasteiger charge is -2.26. The van der Waals surface area contributed by atoms with Crippen LogP contribution in [0, 0.1) is 32.6 Å². The molecule has 0 bridgehead atoms. The Balaban J connectivity index is 1.55. The molecule has 4 aromatic carbocycles. The quantitative estimate of drug-likeness (QED) is 0.124. The van der Waals surface area contributed by atoms with Crippen molar-refractivity contribution < 1.29 is 9.47 Å². The molecule has 0 saturated heterocycles. The van der Waals surface area contributed by atoms with Gasteiger partial charge in [-0.1, -0.05) is 100 Å². The Labute approximate surface area is 278 Å². The smallest absolute Gasteiger partial charge is 0.127 e. The van der Waals surface area contributed by atoms with Gasteiger partial charge in [0.25, 0.3) is 0 Å². The van der Waals surface area contributed by atoms with Crippen LogP contribution in [0.2, 0.25) is 0 Å². The summed E-state index contributed by atoms with van der Waals surface area (Å²) in [5.41, 5.74) is 10.4. The average molecular weight is 616 g/mol. The Morgan fingerprint density at radius 3 is 1.91 bits per heavy atom. The molecule has 3 heteroatoms. The Kier molecular flexibility index (Phi) is 12.7. The lowest BCUT2D eigenvalue weighted by Crippen LogP contribution is -2.10. The van der Waals surface area contributed by atoms with Gasteiger partial charge >= 0.3 is 0 Å². The summed E-state index contributed by atoms with van der Waals surface area (Å²) >= 11 is 0. The van der Waals surface area contributed by atoms with Crippen LogP contribution in [0.1, 0.15) is 86.8 Å². The molecule has 0 aromatic heterocycles.